The quantitative estimate of drug-likeness (QED) is 0.719. The van der Waals surface area contributed by atoms with Gasteiger partial charge in [0.2, 0.25) is 0 Å². The molecule has 82 valence electrons. The first-order valence-corrected chi connectivity index (χ1v) is 7.40. The third kappa shape index (κ3) is 2.23. The molecule has 0 saturated carbocycles. The molecule has 0 saturated heterocycles. The van der Waals surface area contributed by atoms with Crippen LogP contribution in [0.5, 0.6) is 0 Å². The van der Waals surface area contributed by atoms with E-state index in [0.29, 0.717) is 11.7 Å². The van der Waals surface area contributed by atoms with Crippen LogP contribution in [0.2, 0.25) is 0 Å². The molecular formula is C12H17NOS. The minimum Gasteiger partial charge on any atom is -0.250 e. The fourth-order valence-corrected chi connectivity index (χ4v) is 3.09. The second-order valence-corrected chi connectivity index (χ2v) is 7.06. The highest BCUT2D eigenvalue weighted by molar-refractivity contribution is 7.93. The standard InChI is InChI=1S/C12H17NOS/c1-9(2)10-4-5-12-11(8-10)6-7-15(3,14)13-12/h4-5,8-9H,6-7H2,1-3H3. The van der Waals surface area contributed by atoms with E-state index in [-0.39, 0.29) is 0 Å². The molecule has 1 aromatic carbocycles. The predicted molar refractivity (Wildman–Crippen MR) is 65.3 cm³/mol. The van der Waals surface area contributed by atoms with Gasteiger partial charge in [-0.1, -0.05) is 26.0 Å². The fraction of sp³-hybridized carbons (Fsp3) is 0.500. The van der Waals surface area contributed by atoms with Gasteiger partial charge in [0.25, 0.3) is 0 Å². The molecule has 0 fully saturated rings. The largest absolute Gasteiger partial charge is 0.250 e. The number of hydrogen-bond acceptors (Lipinski definition) is 2. The topological polar surface area (TPSA) is 29.4 Å². The normalized spacial score (nSPS) is 24.8. The molecular weight excluding hydrogens is 206 g/mol. The lowest BCUT2D eigenvalue weighted by atomic mass is 9.99. The van der Waals surface area contributed by atoms with Gasteiger partial charge < -0.3 is 0 Å². The van der Waals surface area contributed by atoms with E-state index in [2.05, 4.69) is 30.3 Å². The minimum absolute atomic E-state index is 0.545. The van der Waals surface area contributed by atoms with Gasteiger partial charge in [0, 0.05) is 21.7 Å². The number of hydrogen-bond donors (Lipinski definition) is 0. The minimum atomic E-state index is -1.95. The van der Waals surface area contributed by atoms with Crippen LogP contribution in [0.1, 0.15) is 30.9 Å². The van der Waals surface area contributed by atoms with Crippen molar-refractivity contribution in [2.24, 2.45) is 4.36 Å². The Morgan fingerprint density at radius 3 is 2.80 bits per heavy atom. The smallest absolute Gasteiger partial charge is 0.0762 e. The second-order valence-electron chi connectivity index (χ2n) is 4.55. The third-order valence-electron chi connectivity index (χ3n) is 2.81. The van der Waals surface area contributed by atoms with Crippen molar-refractivity contribution in [3.05, 3.63) is 29.3 Å². The van der Waals surface area contributed by atoms with Crippen LogP contribution in [0, 0.1) is 0 Å². The average Bonchev–Trinajstić information content (AvgIpc) is 2.15. The van der Waals surface area contributed by atoms with Crippen molar-refractivity contribution in [1.29, 1.82) is 0 Å². The van der Waals surface area contributed by atoms with E-state index in [1.165, 1.54) is 11.1 Å². The van der Waals surface area contributed by atoms with Gasteiger partial charge in [0.15, 0.2) is 0 Å². The molecule has 1 unspecified atom stereocenters. The Hall–Kier alpha value is -0.830. The van der Waals surface area contributed by atoms with Gasteiger partial charge in [0.05, 0.1) is 5.69 Å². The molecule has 0 amide bonds. The number of benzene rings is 1. The van der Waals surface area contributed by atoms with E-state index >= 15 is 0 Å². The summed E-state index contributed by atoms with van der Waals surface area (Å²) in [4.78, 5) is 0. The zero-order valence-corrected chi connectivity index (χ0v) is 10.3. The Bertz CT molecular complexity index is 496. The molecule has 2 nitrogen and oxygen atoms in total. The Balaban J connectivity index is 2.50. The molecule has 1 aliphatic rings. The number of rotatable bonds is 1. The Labute approximate surface area is 91.9 Å². The molecule has 0 radical (unpaired) electrons. The van der Waals surface area contributed by atoms with Crippen LogP contribution >= 0.6 is 0 Å². The van der Waals surface area contributed by atoms with Gasteiger partial charge in [-0.05, 0) is 29.5 Å². The molecule has 0 N–H and O–H groups in total. The zero-order chi connectivity index (χ0) is 11.1. The van der Waals surface area contributed by atoms with Crippen LogP contribution in [-0.2, 0) is 16.1 Å². The van der Waals surface area contributed by atoms with Gasteiger partial charge >= 0.3 is 0 Å². The molecule has 15 heavy (non-hydrogen) atoms. The Morgan fingerprint density at radius 2 is 2.13 bits per heavy atom. The Morgan fingerprint density at radius 1 is 1.40 bits per heavy atom. The van der Waals surface area contributed by atoms with E-state index in [0.717, 1.165) is 12.1 Å². The van der Waals surface area contributed by atoms with Crippen LogP contribution in [0.15, 0.2) is 22.6 Å². The molecule has 0 spiro atoms. The summed E-state index contributed by atoms with van der Waals surface area (Å²) in [6, 6.07) is 6.30. The summed E-state index contributed by atoms with van der Waals surface area (Å²) in [7, 11) is -1.95. The van der Waals surface area contributed by atoms with Crippen molar-refractivity contribution in [1.82, 2.24) is 0 Å². The summed E-state index contributed by atoms with van der Waals surface area (Å²) in [6.45, 7) is 4.37. The summed E-state index contributed by atoms with van der Waals surface area (Å²) in [5.74, 6) is 1.24. The van der Waals surface area contributed by atoms with Crippen LogP contribution < -0.4 is 0 Å². The van der Waals surface area contributed by atoms with Crippen molar-refractivity contribution < 1.29 is 4.21 Å². The first-order valence-electron chi connectivity index (χ1n) is 5.30. The van der Waals surface area contributed by atoms with E-state index < -0.39 is 9.73 Å². The van der Waals surface area contributed by atoms with Gasteiger partial charge in [0.1, 0.15) is 0 Å². The van der Waals surface area contributed by atoms with Crippen molar-refractivity contribution in [3.8, 4) is 0 Å². The number of nitrogens with zero attached hydrogens (tertiary/aromatic N) is 1. The first kappa shape index (κ1) is 10.7. The van der Waals surface area contributed by atoms with Crippen LogP contribution in [0.25, 0.3) is 0 Å². The zero-order valence-electron chi connectivity index (χ0n) is 9.49. The molecule has 1 aromatic rings. The maximum Gasteiger partial charge on any atom is 0.0762 e. The van der Waals surface area contributed by atoms with Gasteiger partial charge in [-0.25, -0.2) is 4.21 Å². The molecule has 2 rings (SSSR count). The monoisotopic (exact) mass is 223 g/mol. The molecule has 1 heterocycles. The molecule has 3 heteroatoms. The maximum atomic E-state index is 11.8. The van der Waals surface area contributed by atoms with Crippen molar-refractivity contribution in [3.63, 3.8) is 0 Å². The van der Waals surface area contributed by atoms with Crippen LogP contribution in [-0.4, -0.2) is 16.2 Å². The summed E-state index contributed by atoms with van der Waals surface area (Å²) in [5.41, 5.74) is 3.52. The van der Waals surface area contributed by atoms with Crippen LogP contribution in [0.3, 0.4) is 0 Å². The highest BCUT2D eigenvalue weighted by Crippen LogP contribution is 2.29. The van der Waals surface area contributed by atoms with E-state index in [1.807, 2.05) is 6.07 Å². The predicted octanol–water partition coefficient (Wildman–Crippen LogP) is 3.10. The third-order valence-corrected chi connectivity index (χ3v) is 4.36. The number of aryl methyl sites for hydroxylation is 1. The maximum absolute atomic E-state index is 11.8. The average molecular weight is 223 g/mol. The summed E-state index contributed by atoms with van der Waals surface area (Å²) < 4.78 is 16.1. The van der Waals surface area contributed by atoms with E-state index in [4.69, 9.17) is 0 Å². The highest BCUT2D eigenvalue weighted by atomic mass is 32.2. The first-order chi connectivity index (χ1) is 6.98. The number of fused-ring (bicyclic) bond motifs is 1. The molecule has 1 atom stereocenters. The van der Waals surface area contributed by atoms with Crippen molar-refractivity contribution in [2.45, 2.75) is 26.2 Å². The van der Waals surface area contributed by atoms with Crippen molar-refractivity contribution in [2.75, 3.05) is 12.0 Å². The lowest BCUT2D eigenvalue weighted by molar-refractivity contribution is 0.678. The van der Waals surface area contributed by atoms with Crippen molar-refractivity contribution >= 4 is 15.4 Å². The molecule has 0 aliphatic carbocycles. The summed E-state index contributed by atoms with van der Waals surface area (Å²) >= 11 is 0. The molecule has 0 aromatic heterocycles. The van der Waals surface area contributed by atoms with E-state index in [9.17, 15) is 4.21 Å². The summed E-state index contributed by atoms with van der Waals surface area (Å²) in [6.07, 6.45) is 2.64. The lowest BCUT2D eigenvalue weighted by Gasteiger charge is -2.16. The van der Waals surface area contributed by atoms with E-state index in [1.54, 1.807) is 6.26 Å². The highest BCUT2D eigenvalue weighted by Gasteiger charge is 2.14. The second kappa shape index (κ2) is 3.63. The van der Waals surface area contributed by atoms with Gasteiger partial charge in [-0.15, -0.1) is 0 Å². The van der Waals surface area contributed by atoms with Gasteiger partial charge in [-0.2, -0.15) is 4.36 Å². The van der Waals surface area contributed by atoms with Gasteiger partial charge in [-0.3, -0.25) is 0 Å². The molecule has 0 bridgehead atoms. The SMILES string of the molecule is CC(C)c1ccc2c(c1)CCS(C)(=O)=N2. The van der Waals surface area contributed by atoms with Crippen LogP contribution in [0.4, 0.5) is 5.69 Å². The Kier molecular flexibility index (Phi) is 2.59. The lowest BCUT2D eigenvalue weighted by Crippen LogP contribution is -2.10. The fourth-order valence-electron chi connectivity index (χ4n) is 1.81. The summed E-state index contributed by atoms with van der Waals surface area (Å²) in [5, 5.41) is 0. The molecule has 1 aliphatic heterocycles.